The summed E-state index contributed by atoms with van der Waals surface area (Å²) in [5.74, 6) is -2.19. The Kier molecular flexibility index (Phi) is 6.73. The number of halogens is 1. The Morgan fingerprint density at radius 1 is 1.41 bits per heavy atom. The second-order valence-corrected chi connectivity index (χ2v) is 6.88. The average Bonchev–Trinajstić information content (AvgIpc) is 2.63. The van der Waals surface area contributed by atoms with E-state index in [1.54, 1.807) is 0 Å². The van der Waals surface area contributed by atoms with Gasteiger partial charge in [0.25, 0.3) is 5.69 Å². The Bertz CT molecular complexity index is 769. The Morgan fingerprint density at radius 3 is 2.70 bits per heavy atom. The molecule has 27 heavy (non-hydrogen) atoms. The highest BCUT2D eigenvalue weighted by molar-refractivity contribution is 6.31. The quantitative estimate of drug-likeness (QED) is 0.574. The lowest BCUT2D eigenvalue weighted by Gasteiger charge is -2.32. The van der Waals surface area contributed by atoms with E-state index in [-0.39, 0.29) is 42.0 Å². The van der Waals surface area contributed by atoms with Gasteiger partial charge in [-0.1, -0.05) is 17.7 Å². The van der Waals surface area contributed by atoms with Gasteiger partial charge in [0.1, 0.15) is 0 Å². The van der Waals surface area contributed by atoms with Crippen molar-refractivity contribution in [2.24, 2.45) is 5.92 Å². The van der Waals surface area contributed by atoms with Crippen molar-refractivity contribution in [1.29, 1.82) is 0 Å². The molecule has 1 unspecified atom stereocenters. The molecule has 1 heterocycles. The standard InChI is InChI=1S/C17H20ClN3O6/c1-19(10-16(23)20-6-2-3-12(9-20)17(24)25)15(22)7-11-4-5-13(21(26)27)8-14(11)18/h4-5,8,12H,2-3,6-7,9-10H2,1H3,(H,24,25). The molecule has 0 aromatic heterocycles. The van der Waals surface area contributed by atoms with Gasteiger partial charge in [-0.05, 0) is 18.4 Å². The number of aliphatic carboxylic acids is 1. The number of carboxylic acids is 1. The molecule has 1 N–H and O–H groups in total. The molecule has 2 amide bonds. The molecular formula is C17H20ClN3O6. The minimum atomic E-state index is -0.926. The molecule has 146 valence electrons. The van der Waals surface area contributed by atoms with Crippen LogP contribution in [0.4, 0.5) is 5.69 Å². The largest absolute Gasteiger partial charge is 0.481 e. The third-order valence-corrected chi connectivity index (χ3v) is 4.86. The fraction of sp³-hybridized carbons (Fsp3) is 0.471. The van der Waals surface area contributed by atoms with Crippen molar-refractivity contribution in [2.45, 2.75) is 19.3 Å². The summed E-state index contributed by atoms with van der Waals surface area (Å²) in [6.07, 6.45) is 1.05. The van der Waals surface area contributed by atoms with Crippen molar-refractivity contribution in [1.82, 2.24) is 9.80 Å². The number of carbonyl (C=O) groups is 3. The zero-order valence-electron chi connectivity index (χ0n) is 14.8. The number of likely N-dealkylation sites (tertiary alicyclic amines) is 1. The summed E-state index contributed by atoms with van der Waals surface area (Å²) in [6, 6.07) is 3.85. The molecule has 0 spiro atoms. The van der Waals surface area contributed by atoms with Gasteiger partial charge in [0, 0.05) is 32.3 Å². The lowest BCUT2D eigenvalue weighted by molar-refractivity contribution is -0.384. The Morgan fingerprint density at radius 2 is 2.11 bits per heavy atom. The van der Waals surface area contributed by atoms with Gasteiger partial charge < -0.3 is 14.9 Å². The first kappa shape index (κ1) is 20.6. The molecule has 9 nitrogen and oxygen atoms in total. The predicted octanol–water partition coefficient (Wildman–Crippen LogP) is 1.57. The van der Waals surface area contributed by atoms with E-state index in [1.165, 1.54) is 35.0 Å². The highest BCUT2D eigenvalue weighted by Gasteiger charge is 2.29. The van der Waals surface area contributed by atoms with Crippen LogP contribution in [-0.4, -0.2) is 64.3 Å². The van der Waals surface area contributed by atoms with Gasteiger partial charge in [-0.2, -0.15) is 0 Å². The SMILES string of the molecule is CN(CC(=O)N1CCCC(C(=O)O)C1)C(=O)Cc1ccc([N+](=O)[O-])cc1Cl. The van der Waals surface area contributed by atoms with E-state index in [0.29, 0.717) is 24.9 Å². The zero-order chi connectivity index (χ0) is 20.1. The maximum absolute atomic E-state index is 12.4. The molecule has 1 atom stereocenters. The lowest BCUT2D eigenvalue weighted by atomic mass is 9.98. The minimum absolute atomic E-state index is 0.0989. The molecule has 1 fully saturated rings. The smallest absolute Gasteiger partial charge is 0.308 e. The first-order valence-electron chi connectivity index (χ1n) is 8.36. The molecular weight excluding hydrogens is 378 g/mol. The summed E-state index contributed by atoms with van der Waals surface area (Å²) in [6.45, 7) is 0.443. The summed E-state index contributed by atoms with van der Waals surface area (Å²) in [4.78, 5) is 48.6. The van der Waals surface area contributed by atoms with E-state index < -0.39 is 16.8 Å². The number of rotatable bonds is 6. The fourth-order valence-corrected chi connectivity index (χ4v) is 3.13. The number of nitro benzene ring substituents is 1. The summed E-state index contributed by atoms with van der Waals surface area (Å²) >= 11 is 5.99. The van der Waals surface area contributed by atoms with E-state index in [4.69, 9.17) is 16.7 Å². The molecule has 0 saturated carbocycles. The molecule has 1 aromatic carbocycles. The van der Waals surface area contributed by atoms with E-state index >= 15 is 0 Å². The van der Waals surface area contributed by atoms with Crippen LogP contribution in [0.2, 0.25) is 5.02 Å². The van der Waals surface area contributed by atoms with E-state index in [0.717, 1.165) is 0 Å². The highest BCUT2D eigenvalue weighted by atomic mass is 35.5. The number of carboxylic acid groups (broad SMARTS) is 1. The second kappa shape index (κ2) is 8.81. The van der Waals surface area contributed by atoms with Gasteiger partial charge >= 0.3 is 5.97 Å². The van der Waals surface area contributed by atoms with Crippen molar-refractivity contribution < 1.29 is 24.4 Å². The van der Waals surface area contributed by atoms with Gasteiger partial charge in [0.05, 0.1) is 28.8 Å². The third kappa shape index (κ3) is 5.40. The molecule has 0 bridgehead atoms. The number of nitro groups is 1. The number of likely N-dealkylation sites (N-methyl/N-ethyl adjacent to an activating group) is 1. The Balaban J connectivity index is 1.94. The van der Waals surface area contributed by atoms with Gasteiger partial charge in [-0.3, -0.25) is 24.5 Å². The average molecular weight is 398 g/mol. The number of nitrogens with zero attached hydrogens (tertiary/aromatic N) is 3. The molecule has 10 heteroatoms. The topological polar surface area (TPSA) is 121 Å². The van der Waals surface area contributed by atoms with Crippen LogP contribution >= 0.6 is 11.6 Å². The number of piperidine rings is 1. The molecule has 1 aliphatic heterocycles. The van der Waals surface area contributed by atoms with Crippen molar-refractivity contribution in [3.05, 3.63) is 38.9 Å². The van der Waals surface area contributed by atoms with Crippen LogP contribution in [0.3, 0.4) is 0 Å². The van der Waals surface area contributed by atoms with E-state index in [1.807, 2.05) is 0 Å². The Hall–Kier alpha value is -2.68. The molecule has 2 rings (SSSR count). The molecule has 0 aliphatic carbocycles. The summed E-state index contributed by atoms with van der Waals surface area (Å²) in [7, 11) is 1.47. The Labute approximate surface area is 160 Å². The number of amides is 2. The molecule has 1 saturated heterocycles. The third-order valence-electron chi connectivity index (χ3n) is 4.51. The van der Waals surface area contributed by atoms with Crippen molar-refractivity contribution in [2.75, 3.05) is 26.7 Å². The molecule has 0 radical (unpaired) electrons. The maximum Gasteiger partial charge on any atom is 0.308 e. The normalized spacial score (nSPS) is 16.7. The predicted molar refractivity (Wildman–Crippen MR) is 96.4 cm³/mol. The first-order valence-corrected chi connectivity index (χ1v) is 8.74. The maximum atomic E-state index is 12.4. The van der Waals surface area contributed by atoms with Crippen LogP contribution in [-0.2, 0) is 20.8 Å². The fourth-order valence-electron chi connectivity index (χ4n) is 2.89. The monoisotopic (exact) mass is 397 g/mol. The molecule has 1 aliphatic rings. The van der Waals surface area contributed by atoms with Crippen LogP contribution in [0.25, 0.3) is 0 Å². The van der Waals surface area contributed by atoms with E-state index in [2.05, 4.69) is 0 Å². The zero-order valence-corrected chi connectivity index (χ0v) is 15.5. The van der Waals surface area contributed by atoms with Gasteiger partial charge in [0.2, 0.25) is 11.8 Å². The second-order valence-electron chi connectivity index (χ2n) is 6.48. The van der Waals surface area contributed by atoms with Crippen LogP contribution in [0.1, 0.15) is 18.4 Å². The van der Waals surface area contributed by atoms with Crippen LogP contribution in [0.5, 0.6) is 0 Å². The summed E-state index contributed by atoms with van der Waals surface area (Å²) in [5.41, 5.74) is 0.258. The van der Waals surface area contributed by atoms with E-state index in [9.17, 15) is 24.5 Å². The van der Waals surface area contributed by atoms with Crippen LogP contribution in [0.15, 0.2) is 18.2 Å². The number of hydrogen-bond donors (Lipinski definition) is 1. The molecule has 1 aromatic rings. The number of carbonyl (C=O) groups excluding carboxylic acids is 2. The summed E-state index contributed by atoms with van der Waals surface area (Å²) < 4.78 is 0. The summed E-state index contributed by atoms with van der Waals surface area (Å²) in [5, 5.41) is 19.9. The first-order chi connectivity index (χ1) is 12.7. The van der Waals surface area contributed by atoms with Crippen LogP contribution < -0.4 is 0 Å². The number of hydrogen-bond acceptors (Lipinski definition) is 5. The number of non-ortho nitro benzene ring substituents is 1. The van der Waals surface area contributed by atoms with Gasteiger partial charge in [-0.15, -0.1) is 0 Å². The van der Waals surface area contributed by atoms with Gasteiger partial charge in [0.15, 0.2) is 0 Å². The van der Waals surface area contributed by atoms with Crippen molar-refractivity contribution >= 4 is 35.1 Å². The number of benzene rings is 1. The van der Waals surface area contributed by atoms with Gasteiger partial charge in [-0.25, -0.2) is 0 Å². The van der Waals surface area contributed by atoms with Crippen molar-refractivity contribution in [3.63, 3.8) is 0 Å². The minimum Gasteiger partial charge on any atom is -0.481 e. The van der Waals surface area contributed by atoms with Crippen molar-refractivity contribution in [3.8, 4) is 0 Å². The van der Waals surface area contributed by atoms with Crippen LogP contribution in [0, 0.1) is 16.0 Å². The highest BCUT2D eigenvalue weighted by Crippen LogP contribution is 2.23. The lowest BCUT2D eigenvalue weighted by Crippen LogP contribution is -2.47.